The van der Waals surface area contributed by atoms with Crippen LogP contribution < -0.4 is 0 Å². The molecule has 0 fully saturated rings. The molecule has 1 aromatic rings. The van der Waals surface area contributed by atoms with E-state index in [0.29, 0.717) is 5.92 Å². The van der Waals surface area contributed by atoms with Crippen LogP contribution in [0.1, 0.15) is 51.8 Å². The molecular weight excluding hydrogens is 188 g/mol. The van der Waals surface area contributed by atoms with Gasteiger partial charge in [0.2, 0.25) is 0 Å². The first-order valence-corrected chi connectivity index (χ1v) is 5.92. The summed E-state index contributed by atoms with van der Waals surface area (Å²) in [5, 5.41) is 14.3. The number of hydrogen-bond acceptors (Lipinski definition) is 2. The van der Waals surface area contributed by atoms with Gasteiger partial charge in [0.1, 0.15) is 0 Å². The van der Waals surface area contributed by atoms with Crippen LogP contribution in [0.25, 0.3) is 0 Å². The van der Waals surface area contributed by atoms with Crippen molar-refractivity contribution >= 4 is 0 Å². The van der Waals surface area contributed by atoms with E-state index < -0.39 is 0 Å². The van der Waals surface area contributed by atoms with Crippen molar-refractivity contribution in [2.45, 2.75) is 52.7 Å². The predicted octanol–water partition coefficient (Wildman–Crippen LogP) is 2.76. The van der Waals surface area contributed by atoms with Crippen LogP contribution in [0.15, 0.2) is 12.3 Å². The second-order valence-corrected chi connectivity index (χ2v) is 4.01. The molecule has 1 rings (SSSR count). The Morgan fingerprint density at radius 1 is 1.33 bits per heavy atom. The van der Waals surface area contributed by atoms with Crippen molar-refractivity contribution in [1.29, 1.82) is 0 Å². The van der Waals surface area contributed by atoms with Gasteiger partial charge >= 0.3 is 0 Å². The highest BCUT2D eigenvalue weighted by Crippen LogP contribution is 2.24. The molecule has 1 aromatic heterocycles. The van der Waals surface area contributed by atoms with E-state index in [4.69, 9.17) is 0 Å². The third-order valence-electron chi connectivity index (χ3n) is 3.10. The van der Waals surface area contributed by atoms with Crippen LogP contribution in [-0.2, 0) is 6.54 Å². The average molecular weight is 210 g/mol. The van der Waals surface area contributed by atoms with E-state index in [1.807, 2.05) is 17.7 Å². The highest BCUT2D eigenvalue weighted by atomic mass is 16.3. The van der Waals surface area contributed by atoms with Gasteiger partial charge in [-0.25, -0.2) is 0 Å². The monoisotopic (exact) mass is 210 g/mol. The third kappa shape index (κ3) is 3.06. The number of aliphatic hydroxyl groups is 1. The highest BCUT2D eigenvalue weighted by molar-refractivity contribution is 5.04. The maximum atomic E-state index is 10.1. The first kappa shape index (κ1) is 12.2. The molecule has 3 heteroatoms. The summed E-state index contributed by atoms with van der Waals surface area (Å²) in [5.74, 6) is 0.611. The second kappa shape index (κ2) is 5.91. The summed E-state index contributed by atoms with van der Waals surface area (Å²) in [6, 6.07) is 1.91. The molecule has 0 aromatic carbocycles. The van der Waals surface area contributed by atoms with Gasteiger partial charge in [0.05, 0.1) is 11.8 Å². The molecule has 1 atom stereocenters. The van der Waals surface area contributed by atoms with Crippen molar-refractivity contribution in [2.75, 3.05) is 0 Å². The van der Waals surface area contributed by atoms with Gasteiger partial charge in [0.25, 0.3) is 0 Å². The van der Waals surface area contributed by atoms with E-state index >= 15 is 0 Å². The molecule has 86 valence electrons. The SMILES string of the molecule is CCC(CC)CC(O)c1ccnn1CC. The number of hydrogen-bond donors (Lipinski definition) is 1. The van der Waals surface area contributed by atoms with E-state index in [1.54, 1.807) is 6.20 Å². The summed E-state index contributed by atoms with van der Waals surface area (Å²) in [6.45, 7) is 7.22. The van der Waals surface area contributed by atoms with Crippen molar-refractivity contribution in [2.24, 2.45) is 5.92 Å². The Kier molecular flexibility index (Phi) is 4.82. The minimum atomic E-state index is -0.364. The van der Waals surface area contributed by atoms with Crippen molar-refractivity contribution in [3.05, 3.63) is 18.0 Å². The van der Waals surface area contributed by atoms with Gasteiger partial charge in [-0.2, -0.15) is 5.10 Å². The number of rotatable bonds is 6. The Hall–Kier alpha value is -0.830. The third-order valence-corrected chi connectivity index (χ3v) is 3.10. The van der Waals surface area contributed by atoms with Crippen LogP contribution in [0, 0.1) is 5.92 Å². The van der Waals surface area contributed by atoms with Gasteiger partial charge in [-0.3, -0.25) is 4.68 Å². The maximum absolute atomic E-state index is 10.1. The topological polar surface area (TPSA) is 38.1 Å². The fourth-order valence-corrected chi connectivity index (χ4v) is 1.95. The van der Waals surface area contributed by atoms with E-state index in [1.165, 1.54) is 0 Å². The Morgan fingerprint density at radius 2 is 2.00 bits per heavy atom. The number of aryl methyl sites for hydroxylation is 1. The van der Waals surface area contributed by atoms with Gasteiger partial charge in [-0.1, -0.05) is 26.7 Å². The van der Waals surface area contributed by atoms with Crippen LogP contribution in [0.3, 0.4) is 0 Å². The molecule has 0 radical (unpaired) electrons. The Morgan fingerprint density at radius 3 is 2.53 bits per heavy atom. The lowest BCUT2D eigenvalue weighted by Crippen LogP contribution is -2.11. The Labute approximate surface area is 92.1 Å². The van der Waals surface area contributed by atoms with Crippen LogP contribution >= 0.6 is 0 Å². The first-order chi connectivity index (χ1) is 7.22. The molecule has 3 nitrogen and oxygen atoms in total. The molecule has 0 amide bonds. The number of aromatic nitrogens is 2. The molecule has 1 N–H and O–H groups in total. The summed E-state index contributed by atoms with van der Waals surface area (Å²) in [7, 11) is 0. The number of aliphatic hydroxyl groups excluding tert-OH is 1. The van der Waals surface area contributed by atoms with E-state index in [9.17, 15) is 5.11 Å². The number of nitrogens with zero attached hydrogens (tertiary/aromatic N) is 2. The van der Waals surface area contributed by atoms with Crippen LogP contribution in [0.4, 0.5) is 0 Å². The quantitative estimate of drug-likeness (QED) is 0.784. The Balaban J connectivity index is 2.63. The zero-order valence-corrected chi connectivity index (χ0v) is 9.98. The van der Waals surface area contributed by atoms with E-state index in [-0.39, 0.29) is 6.10 Å². The summed E-state index contributed by atoms with van der Waals surface area (Å²) in [6.07, 6.45) is 4.51. The smallest absolute Gasteiger partial charge is 0.0959 e. The van der Waals surface area contributed by atoms with Crippen LogP contribution in [-0.4, -0.2) is 14.9 Å². The van der Waals surface area contributed by atoms with Crippen molar-refractivity contribution in [1.82, 2.24) is 9.78 Å². The summed E-state index contributed by atoms with van der Waals surface area (Å²) < 4.78 is 1.87. The lowest BCUT2D eigenvalue weighted by atomic mass is 9.95. The summed E-state index contributed by atoms with van der Waals surface area (Å²) in [4.78, 5) is 0. The minimum Gasteiger partial charge on any atom is -0.387 e. The average Bonchev–Trinajstić information content (AvgIpc) is 2.73. The maximum Gasteiger partial charge on any atom is 0.0959 e. The molecule has 0 saturated carbocycles. The minimum absolute atomic E-state index is 0.364. The summed E-state index contributed by atoms with van der Waals surface area (Å²) in [5.41, 5.74) is 0.949. The van der Waals surface area contributed by atoms with Crippen LogP contribution in [0.2, 0.25) is 0 Å². The normalized spacial score (nSPS) is 13.4. The van der Waals surface area contributed by atoms with Gasteiger partial charge < -0.3 is 5.11 Å². The standard InChI is InChI=1S/C12H22N2O/c1-4-10(5-2)9-12(15)11-7-8-13-14(11)6-3/h7-8,10,12,15H,4-6,9H2,1-3H3. The van der Waals surface area contributed by atoms with Crippen LogP contribution in [0.5, 0.6) is 0 Å². The summed E-state index contributed by atoms with van der Waals surface area (Å²) >= 11 is 0. The van der Waals surface area contributed by atoms with Gasteiger partial charge in [0.15, 0.2) is 0 Å². The van der Waals surface area contributed by atoms with E-state index in [2.05, 4.69) is 18.9 Å². The molecule has 0 bridgehead atoms. The van der Waals surface area contributed by atoms with Gasteiger partial charge in [-0.05, 0) is 25.3 Å². The second-order valence-electron chi connectivity index (χ2n) is 4.01. The molecule has 0 spiro atoms. The zero-order chi connectivity index (χ0) is 11.3. The molecule has 15 heavy (non-hydrogen) atoms. The van der Waals surface area contributed by atoms with Crippen molar-refractivity contribution in [3.8, 4) is 0 Å². The molecule has 0 aliphatic rings. The molecule has 0 aliphatic heterocycles. The van der Waals surface area contributed by atoms with Crippen molar-refractivity contribution < 1.29 is 5.11 Å². The van der Waals surface area contributed by atoms with Gasteiger partial charge in [-0.15, -0.1) is 0 Å². The fraction of sp³-hybridized carbons (Fsp3) is 0.750. The molecule has 1 unspecified atom stereocenters. The van der Waals surface area contributed by atoms with E-state index in [0.717, 1.165) is 31.5 Å². The Bertz CT molecular complexity index is 279. The fourth-order valence-electron chi connectivity index (χ4n) is 1.95. The highest BCUT2D eigenvalue weighted by Gasteiger charge is 2.16. The molecule has 0 saturated heterocycles. The van der Waals surface area contributed by atoms with Gasteiger partial charge in [0, 0.05) is 12.7 Å². The first-order valence-electron chi connectivity index (χ1n) is 5.92. The molecule has 0 aliphatic carbocycles. The molecule has 1 heterocycles. The lowest BCUT2D eigenvalue weighted by molar-refractivity contribution is 0.131. The zero-order valence-electron chi connectivity index (χ0n) is 9.98. The van der Waals surface area contributed by atoms with Crippen molar-refractivity contribution in [3.63, 3.8) is 0 Å². The predicted molar refractivity (Wildman–Crippen MR) is 61.5 cm³/mol. The lowest BCUT2D eigenvalue weighted by Gasteiger charge is -2.18. The largest absolute Gasteiger partial charge is 0.387 e. The molecular formula is C12H22N2O.